The Labute approximate surface area is 178 Å². The van der Waals surface area contributed by atoms with E-state index in [1.807, 2.05) is 12.2 Å². The van der Waals surface area contributed by atoms with E-state index in [4.69, 9.17) is 9.47 Å². The summed E-state index contributed by atoms with van der Waals surface area (Å²) in [5, 5.41) is 0. The first-order valence-corrected chi connectivity index (χ1v) is 12.1. The summed E-state index contributed by atoms with van der Waals surface area (Å²) in [5.41, 5.74) is 0. The second-order valence-corrected chi connectivity index (χ2v) is 8.60. The van der Waals surface area contributed by atoms with Crippen LogP contribution in [-0.4, -0.2) is 25.2 Å². The fourth-order valence-electron chi connectivity index (χ4n) is 3.87. The number of unbranched alkanes of at least 4 members (excludes halogenated alkanes) is 10. The predicted molar refractivity (Wildman–Crippen MR) is 119 cm³/mol. The van der Waals surface area contributed by atoms with Crippen molar-refractivity contribution >= 4 is 11.9 Å². The van der Waals surface area contributed by atoms with Gasteiger partial charge in [0.05, 0.1) is 25.0 Å². The highest BCUT2D eigenvalue weighted by molar-refractivity contribution is 5.84. The summed E-state index contributed by atoms with van der Waals surface area (Å²) >= 11 is 0. The molecule has 3 unspecified atom stereocenters. The van der Waals surface area contributed by atoms with Gasteiger partial charge in [0.1, 0.15) is 0 Å². The predicted octanol–water partition coefficient (Wildman–Crippen LogP) is 6.62. The molecule has 3 atom stereocenters. The van der Waals surface area contributed by atoms with E-state index in [-0.39, 0.29) is 17.9 Å². The maximum Gasteiger partial charge on any atom is 0.313 e. The van der Waals surface area contributed by atoms with Gasteiger partial charge in [-0.1, -0.05) is 97.1 Å². The third-order valence-electron chi connectivity index (χ3n) is 5.77. The van der Waals surface area contributed by atoms with E-state index < -0.39 is 11.8 Å². The van der Waals surface area contributed by atoms with Crippen molar-refractivity contribution in [1.29, 1.82) is 0 Å². The van der Waals surface area contributed by atoms with Crippen molar-refractivity contribution in [3.8, 4) is 0 Å². The van der Waals surface area contributed by atoms with Gasteiger partial charge in [0.15, 0.2) is 0 Å². The van der Waals surface area contributed by atoms with Crippen molar-refractivity contribution in [2.24, 2.45) is 17.8 Å². The summed E-state index contributed by atoms with van der Waals surface area (Å²) in [5.74, 6) is -1.14. The molecule has 0 aromatic rings. The summed E-state index contributed by atoms with van der Waals surface area (Å²) in [4.78, 5) is 25.2. The molecule has 1 rings (SSSR count). The minimum absolute atomic E-state index is 0.240. The van der Waals surface area contributed by atoms with Gasteiger partial charge in [0.2, 0.25) is 0 Å². The van der Waals surface area contributed by atoms with Gasteiger partial charge in [0, 0.05) is 0 Å². The first-order chi connectivity index (χ1) is 14.1. The van der Waals surface area contributed by atoms with Crippen molar-refractivity contribution in [2.75, 3.05) is 13.2 Å². The lowest BCUT2D eigenvalue weighted by atomic mass is 9.79. The fourth-order valence-corrected chi connectivity index (χ4v) is 3.87. The van der Waals surface area contributed by atoms with Crippen molar-refractivity contribution in [2.45, 2.75) is 104 Å². The molecule has 0 bridgehead atoms. The number of hydrogen-bond acceptors (Lipinski definition) is 4. The summed E-state index contributed by atoms with van der Waals surface area (Å²) in [6.07, 6.45) is 18.4. The SMILES string of the molecule is CCCCCCCCOC(=O)C1C=CC(C)CC1C(=O)OCCCCCCCC. The molecule has 0 aromatic carbocycles. The van der Waals surface area contributed by atoms with Gasteiger partial charge >= 0.3 is 11.9 Å². The van der Waals surface area contributed by atoms with Crippen LogP contribution in [0.3, 0.4) is 0 Å². The number of esters is 2. The first-order valence-electron chi connectivity index (χ1n) is 12.1. The molecule has 4 heteroatoms. The minimum Gasteiger partial charge on any atom is -0.465 e. The van der Waals surface area contributed by atoms with Gasteiger partial charge < -0.3 is 9.47 Å². The standard InChI is InChI=1S/C25H44O4/c1-4-6-8-10-12-14-18-28-24(26)22-17-16-21(3)20-23(22)25(27)29-19-15-13-11-9-7-5-2/h16-17,21-23H,4-15,18-20H2,1-3H3. The third kappa shape index (κ3) is 11.4. The van der Waals surface area contributed by atoms with Crippen LogP contribution in [0.25, 0.3) is 0 Å². The molecular formula is C25H44O4. The lowest BCUT2D eigenvalue weighted by Crippen LogP contribution is -2.35. The van der Waals surface area contributed by atoms with Crippen LogP contribution in [0, 0.1) is 17.8 Å². The van der Waals surface area contributed by atoms with Gasteiger partial charge in [-0.25, -0.2) is 0 Å². The highest BCUT2D eigenvalue weighted by Gasteiger charge is 2.37. The van der Waals surface area contributed by atoms with Crippen LogP contribution in [0.5, 0.6) is 0 Å². The van der Waals surface area contributed by atoms with Gasteiger partial charge in [-0.15, -0.1) is 0 Å². The first kappa shape index (κ1) is 25.7. The Balaban J connectivity index is 2.34. The number of rotatable bonds is 16. The van der Waals surface area contributed by atoms with Crippen molar-refractivity contribution < 1.29 is 19.1 Å². The molecule has 0 heterocycles. The van der Waals surface area contributed by atoms with Crippen LogP contribution in [0.1, 0.15) is 104 Å². The highest BCUT2D eigenvalue weighted by Crippen LogP contribution is 2.30. The fraction of sp³-hybridized carbons (Fsp3) is 0.840. The smallest absolute Gasteiger partial charge is 0.313 e. The quantitative estimate of drug-likeness (QED) is 0.163. The molecular weight excluding hydrogens is 364 g/mol. The second kappa shape index (κ2) is 16.5. The molecule has 0 aliphatic heterocycles. The molecule has 0 saturated carbocycles. The zero-order chi connectivity index (χ0) is 21.3. The monoisotopic (exact) mass is 408 g/mol. The van der Waals surface area contributed by atoms with Crippen LogP contribution >= 0.6 is 0 Å². The Kier molecular flexibility index (Phi) is 14.6. The van der Waals surface area contributed by atoms with E-state index in [1.54, 1.807) is 0 Å². The maximum atomic E-state index is 12.6. The van der Waals surface area contributed by atoms with Crippen LogP contribution < -0.4 is 0 Å². The van der Waals surface area contributed by atoms with E-state index in [0.717, 1.165) is 25.7 Å². The van der Waals surface area contributed by atoms with Crippen molar-refractivity contribution in [1.82, 2.24) is 0 Å². The largest absolute Gasteiger partial charge is 0.465 e. The zero-order valence-electron chi connectivity index (χ0n) is 19.1. The third-order valence-corrected chi connectivity index (χ3v) is 5.77. The Hall–Kier alpha value is -1.32. The topological polar surface area (TPSA) is 52.6 Å². The minimum atomic E-state index is -0.497. The van der Waals surface area contributed by atoms with E-state index >= 15 is 0 Å². The van der Waals surface area contributed by atoms with E-state index in [2.05, 4.69) is 20.8 Å². The molecule has 0 radical (unpaired) electrons. The van der Waals surface area contributed by atoms with E-state index in [9.17, 15) is 9.59 Å². The molecule has 0 spiro atoms. The molecule has 0 aromatic heterocycles. The highest BCUT2D eigenvalue weighted by atomic mass is 16.5. The molecule has 0 fully saturated rings. The Morgan fingerprint density at radius 3 is 1.76 bits per heavy atom. The average molecular weight is 409 g/mol. The van der Waals surface area contributed by atoms with Crippen molar-refractivity contribution in [3.05, 3.63) is 12.2 Å². The van der Waals surface area contributed by atoms with E-state index in [1.165, 1.54) is 51.4 Å². The summed E-state index contributed by atoms with van der Waals surface area (Å²) in [7, 11) is 0. The molecule has 1 aliphatic rings. The zero-order valence-corrected chi connectivity index (χ0v) is 19.1. The van der Waals surface area contributed by atoms with Crippen LogP contribution in [0.2, 0.25) is 0 Å². The van der Waals surface area contributed by atoms with Gasteiger partial charge in [0.25, 0.3) is 0 Å². The lowest BCUT2D eigenvalue weighted by molar-refractivity contribution is -0.160. The van der Waals surface area contributed by atoms with Crippen LogP contribution in [-0.2, 0) is 19.1 Å². The van der Waals surface area contributed by atoms with Crippen LogP contribution in [0.15, 0.2) is 12.2 Å². The van der Waals surface area contributed by atoms with E-state index in [0.29, 0.717) is 19.6 Å². The summed E-state index contributed by atoms with van der Waals surface area (Å²) in [6, 6.07) is 0. The molecule has 0 N–H and O–H groups in total. The Bertz CT molecular complexity index is 471. The summed E-state index contributed by atoms with van der Waals surface area (Å²) < 4.78 is 11.0. The van der Waals surface area contributed by atoms with Gasteiger partial charge in [-0.2, -0.15) is 0 Å². The maximum absolute atomic E-state index is 12.6. The molecule has 29 heavy (non-hydrogen) atoms. The molecule has 0 amide bonds. The Morgan fingerprint density at radius 2 is 1.21 bits per heavy atom. The second-order valence-electron chi connectivity index (χ2n) is 8.60. The number of ether oxygens (including phenoxy) is 2. The average Bonchev–Trinajstić information content (AvgIpc) is 2.72. The van der Waals surface area contributed by atoms with Gasteiger partial charge in [-0.05, 0) is 25.2 Å². The molecule has 4 nitrogen and oxygen atoms in total. The van der Waals surface area contributed by atoms with Crippen molar-refractivity contribution in [3.63, 3.8) is 0 Å². The number of hydrogen-bond donors (Lipinski definition) is 0. The van der Waals surface area contributed by atoms with Gasteiger partial charge in [-0.3, -0.25) is 9.59 Å². The molecule has 0 saturated heterocycles. The number of carbonyl (C=O) groups is 2. The van der Waals surface area contributed by atoms with Crippen LogP contribution in [0.4, 0.5) is 0 Å². The number of allylic oxidation sites excluding steroid dienone is 1. The normalized spacial score (nSPS) is 21.1. The summed E-state index contributed by atoms with van der Waals surface area (Å²) in [6.45, 7) is 7.39. The lowest BCUT2D eigenvalue weighted by Gasteiger charge is -2.27. The number of carbonyl (C=O) groups excluding carboxylic acids is 2. The molecule has 1 aliphatic carbocycles. The Morgan fingerprint density at radius 1 is 0.724 bits per heavy atom. The molecule has 168 valence electrons.